The van der Waals surface area contributed by atoms with Crippen molar-refractivity contribution in [2.45, 2.75) is 44.1 Å². The lowest BCUT2D eigenvalue weighted by atomic mass is 9.74. The highest BCUT2D eigenvalue weighted by Crippen LogP contribution is 2.35. The van der Waals surface area contributed by atoms with Gasteiger partial charge in [0.1, 0.15) is 0 Å². The number of nitrogens with zero attached hydrogens (tertiary/aromatic N) is 3. The van der Waals surface area contributed by atoms with Crippen LogP contribution in [0.3, 0.4) is 0 Å². The first-order valence-electron chi connectivity index (χ1n) is 8.66. The second-order valence-electron chi connectivity index (χ2n) is 6.80. The van der Waals surface area contributed by atoms with Gasteiger partial charge < -0.3 is 4.90 Å². The average molecular weight is 311 g/mol. The Morgan fingerprint density at radius 1 is 1.13 bits per heavy atom. The standard InChI is InChI=1S/C19H25N3O/c1-16(18(23)22-11-5-6-12-22)21-13-9-19(15-20,10-14-21)17-7-3-2-4-8-17/h2-4,7-8,16H,5-6,9-14H2,1H3/t16-/m0/s1. The van der Waals surface area contributed by atoms with Crippen LogP contribution in [0.4, 0.5) is 0 Å². The monoisotopic (exact) mass is 311 g/mol. The highest BCUT2D eigenvalue weighted by molar-refractivity contribution is 5.81. The molecule has 0 saturated carbocycles. The highest BCUT2D eigenvalue weighted by Gasteiger charge is 2.39. The molecule has 2 fully saturated rings. The van der Waals surface area contributed by atoms with E-state index in [0.29, 0.717) is 0 Å². The molecule has 0 aromatic heterocycles. The van der Waals surface area contributed by atoms with Crippen molar-refractivity contribution >= 4 is 5.91 Å². The van der Waals surface area contributed by atoms with Crippen LogP contribution in [-0.2, 0) is 10.2 Å². The molecule has 0 N–H and O–H groups in total. The van der Waals surface area contributed by atoms with E-state index >= 15 is 0 Å². The molecular formula is C19H25N3O. The van der Waals surface area contributed by atoms with Crippen molar-refractivity contribution in [2.24, 2.45) is 0 Å². The van der Waals surface area contributed by atoms with Gasteiger partial charge in [-0.1, -0.05) is 30.3 Å². The number of benzene rings is 1. The molecule has 1 atom stereocenters. The molecular weight excluding hydrogens is 286 g/mol. The van der Waals surface area contributed by atoms with Crippen LogP contribution in [0.2, 0.25) is 0 Å². The maximum Gasteiger partial charge on any atom is 0.239 e. The summed E-state index contributed by atoms with van der Waals surface area (Å²) in [6.07, 6.45) is 3.85. The molecule has 2 aliphatic heterocycles. The Hall–Kier alpha value is -1.86. The Kier molecular flexibility index (Phi) is 4.68. The summed E-state index contributed by atoms with van der Waals surface area (Å²) >= 11 is 0. The average Bonchev–Trinajstić information content (AvgIpc) is 3.16. The molecule has 122 valence electrons. The van der Waals surface area contributed by atoms with Crippen molar-refractivity contribution in [1.82, 2.24) is 9.80 Å². The SMILES string of the molecule is C[C@@H](C(=O)N1CCCC1)N1CCC(C#N)(c2ccccc2)CC1. The summed E-state index contributed by atoms with van der Waals surface area (Å²) in [5, 5.41) is 9.76. The van der Waals surface area contributed by atoms with Crippen LogP contribution < -0.4 is 0 Å². The quantitative estimate of drug-likeness (QED) is 0.862. The largest absolute Gasteiger partial charge is 0.341 e. The second kappa shape index (κ2) is 6.72. The number of piperidine rings is 1. The van der Waals surface area contributed by atoms with Gasteiger partial charge in [0, 0.05) is 26.2 Å². The molecule has 0 bridgehead atoms. The minimum atomic E-state index is -0.395. The molecule has 1 aromatic carbocycles. The number of carbonyl (C=O) groups is 1. The number of likely N-dealkylation sites (tertiary alicyclic amines) is 2. The summed E-state index contributed by atoms with van der Waals surface area (Å²) in [7, 11) is 0. The fraction of sp³-hybridized carbons (Fsp3) is 0.579. The summed E-state index contributed by atoms with van der Waals surface area (Å²) in [5.74, 6) is 0.256. The van der Waals surface area contributed by atoms with Gasteiger partial charge in [-0.2, -0.15) is 5.26 Å². The zero-order chi connectivity index (χ0) is 16.3. The molecule has 0 unspecified atom stereocenters. The molecule has 0 spiro atoms. The highest BCUT2D eigenvalue weighted by atomic mass is 16.2. The van der Waals surface area contributed by atoms with Crippen molar-refractivity contribution in [3.8, 4) is 6.07 Å². The third-order valence-corrected chi connectivity index (χ3v) is 5.51. The molecule has 2 heterocycles. The predicted molar refractivity (Wildman–Crippen MR) is 89.8 cm³/mol. The van der Waals surface area contributed by atoms with Crippen molar-refractivity contribution in [2.75, 3.05) is 26.2 Å². The Morgan fingerprint density at radius 3 is 2.30 bits per heavy atom. The van der Waals surface area contributed by atoms with E-state index < -0.39 is 5.41 Å². The summed E-state index contributed by atoms with van der Waals surface area (Å²) in [5.41, 5.74) is 0.717. The lowest BCUT2D eigenvalue weighted by Gasteiger charge is -2.40. The number of hydrogen-bond acceptors (Lipinski definition) is 3. The van der Waals surface area contributed by atoms with E-state index in [2.05, 4.69) is 23.1 Å². The van der Waals surface area contributed by atoms with Crippen LogP contribution in [-0.4, -0.2) is 47.9 Å². The summed E-state index contributed by atoms with van der Waals surface area (Å²) in [6, 6.07) is 12.6. The molecule has 2 saturated heterocycles. The van der Waals surface area contributed by atoms with Gasteiger partial charge in [-0.25, -0.2) is 0 Å². The molecule has 23 heavy (non-hydrogen) atoms. The topological polar surface area (TPSA) is 47.3 Å². The number of hydrogen-bond donors (Lipinski definition) is 0. The first-order chi connectivity index (χ1) is 11.2. The van der Waals surface area contributed by atoms with Crippen LogP contribution in [0.5, 0.6) is 0 Å². The van der Waals surface area contributed by atoms with E-state index in [9.17, 15) is 10.1 Å². The zero-order valence-electron chi connectivity index (χ0n) is 13.9. The van der Waals surface area contributed by atoms with Crippen molar-refractivity contribution in [3.63, 3.8) is 0 Å². The molecule has 3 rings (SSSR count). The number of amides is 1. The normalized spacial score (nSPS) is 22.5. The van der Waals surface area contributed by atoms with Crippen LogP contribution >= 0.6 is 0 Å². The number of carbonyl (C=O) groups excluding carboxylic acids is 1. The predicted octanol–water partition coefficient (Wildman–Crippen LogP) is 2.55. The first-order valence-corrected chi connectivity index (χ1v) is 8.66. The third-order valence-electron chi connectivity index (χ3n) is 5.51. The Morgan fingerprint density at radius 2 is 1.74 bits per heavy atom. The van der Waals surface area contributed by atoms with E-state index in [1.165, 1.54) is 0 Å². The van der Waals surface area contributed by atoms with E-state index in [0.717, 1.165) is 57.4 Å². The van der Waals surface area contributed by atoms with E-state index in [4.69, 9.17) is 0 Å². The van der Waals surface area contributed by atoms with Crippen molar-refractivity contribution in [3.05, 3.63) is 35.9 Å². The molecule has 4 heteroatoms. The minimum absolute atomic E-state index is 0.0689. The van der Waals surface area contributed by atoms with E-state index in [1.807, 2.05) is 30.0 Å². The molecule has 0 radical (unpaired) electrons. The summed E-state index contributed by atoms with van der Waals surface area (Å²) in [6.45, 7) is 5.45. The van der Waals surface area contributed by atoms with Gasteiger partial charge in [0.2, 0.25) is 5.91 Å². The lowest BCUT2D eigenvalue weighted by Crippen LogP contribution is -2.51. The Bertz CT molecular complexity index is 578. The maximum atomic E-state index is 12.6. The molecule has 1 aromatic rings. The summed E-state index contributed by atoms with van der Waals surface area (Å²) in [4.78, 5) is 16.8. The van der Waals surface area contributed by atoms with Gasteiger partial charge in [-0.15, -0.1) is 0 Å². The second-order valence-corrected chi connectivity index (χ2v) is 6.80. The first kappa shape index (κ1) is 16.0. The Balaban J connectivity index is 1.65. The van der Waals surface area contributed by atoms with Crippen LogP contribution in [0, 0.1) is 11.3 Å². The van der Waals surface area contributed by atoms with Crippen molar-refractivity contribution < 1.29 is 4.79 Å². The number of nitriles is 1. The van der Waals surface area contributed by atoms with Crippen LogP contribution in [0.25, 0.3) is 0 Å². The number of rotatable bonds is 3. The summed E-state index contributed by atoms with van der Waals surface area (Å²) < 4.78 is 0. The minimum Gasteiger partial charge on any atom is -0.341 e. The molecule has 0 aliphatic carbocycles. The fourth-order valence-corrected chi connectivity index (χ4v) is 3.87. The van der Waals surface area contributed by atoms with Crippen LogP contribution in [0.15, 0.2) is 30.3 Å². The lowest BCUT2D eigenvalue weighted by molar-refractivity contribution is -0.135. The fourth-order valence-electron chi connectivity index (χ4n) is 3.87. The van der Waals surface area contributed by atoms with Crippen molar-refractivity contribution in [1.29, 1.82) is 5.26 Å². The Labute approximate surface area is 138 Å². The van der Waals surface area contributed by atoms with Gasteiger partial charge in [-0.05, 0) is 38.2 Å². The maximum absolute atomic E-state index is 12.6. The van der Waals surface area contributed by atoms with Gasteiger partial charge in [0.05, 0.1) is 17.5 Å². The van der Waals surface area contributed by atoms with Gasteiger partial charge in [0.15, 0.2) is 0 Å². The third kappa shape index (κ3) is 3.11. The van der Waals surface area contributed by atoms with E-state index in [1.54, 1.807) is 0 Å². The van der Waals surface area contributed by atoms with Crippen LogP contribution in [0.1, 0.15) is 38.2 Å². The molecule has 2 aliphatic rings. The van der Waals surface area contributed by atoms with Gasteiger partial charge in [-0.3, -0.25) is 9.69 Å². The van der Waals surface area contributed by atoms with E-state index in [-0.39, 0.29) is 11.9 Å². The van der Waals surface area contributed by atoms with Gasteiger partial charge >= 0.3 is 0 Å². The zero-order valence-corrected chi connectivity index (χ0v) is 13.9. The smallest absolute Gasteiger partial charge is 0.239 e. The molecule has 1 amide bonds. The molecule has 4 nitrogen and oxygen atoms in total. The van der Waals surface area contributed by atoms with Gasteiger partial charge in [0.25, 0.3) is 0 Å².